The van der Waals surface area contributed by atoms with Crippen molar-refractivity contribution in [2.24, 2.45) is 5.92 Å². The zero-order valence-corrected chi connectivity index (χ0v) is 28.1. The second-order valence-electron chi connectivity index (χ2n) is 14.2. The molecule has 2 saturated heterocycles. The number of hydrogen-bond donors (Lipinski definition) is 1. The van der Waals surface area contributed by atoms with E-state index in [0.717, 1.165) is 30.2 Å². The van der Waals surface area contributed by atoms with Crippen LogP contribution in [0.5, 0.6) is 0 Å². The van der Waals surface area contributed by atoms with E-state index in [4.69, 9.17) is 26.1 Å². The highest BCUT2D eigenvalue weighted by molar-refractivity contribution is 6.31. The van der Waals surface area contributed by atoms with Gasteiger partial charge in [-0.2, -0.15) is 0 Å². The Labute approximate surface area is 275 Å². The molecular weight excluding hydrogens is 614 g/mol. The summed E-state index contributed by atoms with van der Waals surface area (Å²) in [7, 11) is 2.10. The van der Waals surface area contributed by atoms with E-state index in [-0.39, 0.29) is 23.8 Å². The Bertz CT molecular complexity index is 1490. The van der Waals surface area contributed by atoms with Gasteiger partial charge in [-0.1, -0.05) is 17.7 Å². The van der Waals surface area contributed by atoms with Crippen molar-refractivity contribution < 1.29 is 27.8 Å². The van der Waals surface area contributed by atoms with Gasteiger partial charge >= 0.3 is 0 Å². The number of carbonyl (C=O) groups excluding carboxylic acids is 2. The molecule has 4 aliphatic rings. The number of halogens is 3. The van der Waals surface area contributed by atoms with Gasteiger partial charge in [-0.15, -0.1) is 0 Å². The lowest BCUT2D eigenvalue weighted by atomic mass is 9.83. The van der Waals surface area contributed by atoms with Crippen LogP contribution < -0.4 is 5.32 Å². The number of aromatic nitrogens is 1. The van der Waals surface area contributed by atoms with E-state index in [1.807, 2.05) is 31.7 Å². The summed E-state index contributed by atoms with van der Waals surface area (Å²) in [5.74, 6) is -2.16. The first-order chi connectivity index (χ1) is 21.8. The van der Waals surface area contributed by atoms with Gasteiger partial charge in [-0.05, 0) is 90.0 Å². The monoisotopic (exact) mass is 658 g/mol. The molecule has 1 aromatic carbocycles. The molecule has 1 aromatic heterocycles. The summed E-state index contributed by atoms with van der Waals surface area (Å²) in [6, 6.07) is 6.06. The molecule has 1 spiro atoms. The molecule has 1 saturated carbocycles. The highest BCUT2D eigenvalue weighted by atomic mass is 35.5. The zero-order chi connectivity index (χ0) is 33.0. The maximum absolute atomic E-state index is 15.2. The Morgan fingerprint density at radius 2 is 1.78 bits per heavy atom. The summed E-state index contributed by atoms with van der Waals surface area (Å²) in [4.78, 5) is 35.6. The van der Waals surface area contributed by atoms with Gasteiger partial charge in [0.1, 0.15) is 23.3 Å². The van der Waals surface area contributed by atoms with E-state index in [0.29, 0.717) is 74.3 Å². The summed E-state index contributed by atoms with van der Waals surface area (Å²) in [5, 5.41) is 3.56. The topological polar surface area (TPSA) is 84.0 Å². The van der Waals surface area contributed by atoms with Crippen LogP contribution in [0.1, 0.15) is 93.8 Å². The lowest BCUT2D eigenvalue weighted by molar-refractivity contribution is -0.154. The molecule has 3 aliphatic heterocycles. The van der Waals surface area contributed by atoms with E-state index in [1.54, 1.807) is 0 Å². The number of fused-ring (bicyclic) bond motifs is 2. The van der Waals surface area contributed by atoms with Crippen molar-refractivity contribution >= 4 is 23.4 Å². The molecule has 0 bridgehead atoms. The quantitative estimate of drug-likeness (QED) is 0.423. The van der Waals surface area contributed by atoms with E-state index in [2.05, 4.69) is 17.3 Å². The number of piperidine rings is 1. The number of pyridine rings is 1. The number of nitrogens with zero attached hydrogens (tertiary/aromatic N) is 3. The summed E-state index contributed by atoms with van der Waals surface area (Å²) < 4.78 is 41.6. The lowest BCUT2D eigenvalue weighted by Gasteiger charge is -2.42. The molecule has 2 aromatic rings. The molecule has 2 amide bonds. The predicted octanol–water partition coefficient (Wildman–Crippen LogP) is 5.80. The van der Waals surface area contributed by atoms with Gasteiger partial charge in [-0.25, -0.2) is 8.78 Å². The summed E-state index contributed by atoms with van der Waals surface area (Å²) >= 11 is 6.53. The van der Waals surface area contributed by atoms with Crippen molar-refractivity contribution in [3.8, 4) is 0 Å². The predicted molar refractivity (Wildman–Crippen MR) is 170 cm³/mol. The van der Waals surface area contributed by atoms with Crippen molar-refractivity contribution in [1.29, 1.82) is 0 Å². The second-order valence-corrected chi connectivity index (χ2v) is 14.6. The fraction of sp³-hybridized carbons (Fsp3) is 0.629. The van der Waals surface area contributed by atoms with Crippen molar-refractivity contribution in [2.75, 3.05) is 33.4 Å². The number of benzene rings is 1. The molecule has 0 radical (unpaired) electrons. The van der Waals surface area contributed by atoms with Gasteiger partial charge in [0.05, 0.1) is 21.9 Å². The van der Waals surface area contributed by atoms with Crippen LogP contribution in [-0.2, 0) is 24.7 Å². The third-order valence-electron chi connectivity index (χ3n) is 10.8. The molecule has 1 N–H and O–H groups in total. The average molecular weight is 659 g/mol. The normalized spacial score (nSPS) is 26.5. The first kappa shape index (κ1) is 33.2. The Kier molecular flexibility index (Phi) is 9.21. The fourth-order valence-corrected chi connectivity index (χ4v) is 8.55. The van der Waals surface area contributed by atoms with E-state index in [1.165, 1.54) is 19.1 Å². The van der Waals surface area contributed by atoms with E-state index >= 15 is 4.39 Å². The maximum atomic E-state index is 15.2. The number of rotatable bonds is 6. The third-order valence-corrected chi connectivity index (χ3v) is 11.2. The number of hydrogen-bond acceptors (Lipinski definition) is 6. The van der Waals surface area contributed by atoms with Crippen LogP contribution in [0, 0.1) is 24.5 Å². The third kappa shape index (κ3) is 6.18. The average Bonchev–Trinajstić information content (AvgIpc) is 3.57. The van der Waals surface area contributed by atoms with Crippen LogP contribution in [0.15, 0.2) is 24.3 Å². The summed E-state index contributed by atoms with van der Waals surface area (Å²) in [5.41, 5.74) is 1.33. The molecule has 250 valence electrons. The highest BCUT2D eigenvalue weighted by Crippen LogP contribution is 2.53. The molecule has 4 atom stereocenters. The first-order valence-electron chi connectivity index (χ1n) is 16.5. The molecule has 3 unspecified atom stereocenters. The molecule has 8 nitrogen and oxygen atoms in total. The minimum atomic E-state index is -0.730. The number of nitrogens with one attached hydrogen (secondary N) is 1. The van der Waals surface area contributed by atoms with Crippen LogP contribution in [0.25, 0.3) is 0 Å². The Hall–Kier alpha value is -2.66. The number of likely N-dealkylation sites (tertiary alicyclic amines) is 1. The van der Waals surface area contributed by atoms with Crippen LogP contribution in [0.2, 0.25) is 5.02 Å². The van der Waals surface area contributed by atoms with Crippen molar-refractivity contribution in [2.45, 2.75) is 101 Å². The smallest absolute Gasteiger partial charge is 0.226 e. The number of carbonyl (C=O) groups is 2. The van der Waals surface area contributed by atoms with Crippen molar-refractivity contribution in [1.82, 2.24) is 20.1 Å². The minimum absolute atomic E-state index is 0.0000416. The molecule has 3 fully saturated rings. The van der Waals surface area contributed by atoms with Gasteiger partial charge < -0.3 is 24.6 Å². The van der Waals surface area contributed by atoms with Crippen molar-refractivity contribution in [3.63, 3.8) is 0 Å². The van der Waals surface area contributed by atoms with Crippen LogP contribution in [0.3, 0.4) is 0 Å². The largest absolute Gasteiger partial charge is 0.381 e. The van der Waals surface area contributed by atoms with Crippen LogP contribution in [0.4, 0.5) is 8.78 Å². The zero-order valence-electron chi connectivity index (χ0n) is 27.4. The molecule has 11 heteroatoms. The van der Waals surface area contributed by atoms with Gasteiger partial charge in [0.2, 0.25) is 11.8 Å². The number of amides is 2. The maximum Gasteiger partial charge on any atom is 0.226 e. The number of aryl methyl sites for hydroxylation is 1. The first-order valence-corrected chi connectivity index (χ1v) is 16.8. The molecule has 1 aliphatic carbocycles. The highest BCUT2D eigenvalue weighted by Gasteiger charge is 2.54. The van der Waals surface area contributed by atoms with Gasteiger partial charge in [0.15, 0.2) is 0 Å². The molecule has 46 heavy (non-hydrogen) atoms. The Morgan fingerprint density at radius 1 is 1.09 bits per heavy atom. The summed E-state index contributed by atoms with van der Waals surface area (Å²) in [6.07, 6.45) is 3.68. The van der Waals surface area contributed by atoms with Gasteiger partial charge in [0, 0.05) is 62.9 Å². The van der Waals surface area contributed by atoms with Crippen molar-refractivity contribution in [3.05, 3.63) is 63.4 Å². The number of ether oxygens (including phenoxy) is 2. The van der Waals surface area contributed by atoms with E-state index < -0.39 is 34.8 Å². The second kappa shape index (κ2) is 12.7. The van der Waals surface area contributed by atoms with E-state index in [9.17, 15) is 14.0 Å². The standard InChI is InChI=1S/C35H45ClF2N4O4/c1-20-29(36)19-28-31(39-20)35(46-32(28)34(3,4)40-21(2)43)10-12-42(13-11-35)33(44)27-18-24(41(5)23-8-14-45-15-9-23)17-26(27)25-7-6-22(37)16-30(25)38/h6-7,16,19,23-24,26-27,32H,8-15,17-18H2,1-5H3,(H,40,43)/t24?,26-,27?,32?/m0/s1. The van der Waals surface area contributed by atoms with Gasteiger partial charge in [-0.3, -0.25) is 14.6 Å². The SMILES string of the molecule is CC(=O)NC(C)(C)C1OC2(CCN(C(=O)C3CC(N(C)C4CCOCC4)C[C@H]3c3ccc(F)cc3F)CC2)c2nc(C)c(Cl)cc21. The molecule has 4 heterocycles. The molecule has 6 rings (SSSR count). The lowest BCUT2D eigenvalue weighted by Crippen LogP contribution is -2.50. The van der Waals surface area contributed by atoms with Gasteiger partial charge in [0.25, 0.3) is 0 Å². The molecular formula is C35H45ClF2N4O4. The van der Waals surface area contributed by atoms with Crippen LogP contribution >= 0.6 is 11.6 Å². The fourth-order valence-electron chi connectivity index (χ4n) is 8.39. The Morgan fingerprint density at radius 3 is 2.43 bits per heavy atom. The van der Waals surface area contributed by atoms with Crippen LogP contribution in [-0.4, -0.2) is 77.6 Å². The minimum Gasteiger partial charge on any atom is -0.381 e. The Balaban J connectivity index is 1.24. The summed E-state index contributed by atoms with van der Waals surface area (Å²) in [6.45, 7) is 9.53.